The van der Waals surface area contributed by atoms with Gasteiger partial charge in [-0.05, 0) is 19.3 Å². The van der Waals surface area contributed by atoms with Gasteiger partial charge in [-0.15, -0.1) is 0 Å². The summed E-state index contributed by atoms with van der Waals surface area (Å²) in [5, 5.41) is 0. The van der Waals surface area contributed by atoms with Crippen molar-refractivity contribution in [3.63, 3.8) is 0 Å². The molecule has 0 aromatic carbocycles. The Morgan fingerprint density at radius 3 is 2.69 bits per heavy atom. The second-order valence-electron chi connectivity index (χ2n) is 3.88. The molecule has 2 nitrogen and oxygen atoms in total. The molecule has 0 aromatic heterocycles. The molecule has 13 heavy (non-hydrogen) atoms. The van der Waals surface area contributed by atoms with Gasteiger partial charge in [0.15, 0.2) is 0 Å². The molecule has 0 saturated carbocycles. The van der Waals surface area contributed by atoms with E-state index in [0.717, 1.165) is 26.2 Å². The van der Waals surface area contributed by atoms with Gasteiger partial charge in [-0.2, -0.15) is 0 Å². The summed E-state index contributed by atoms with van der Waals surface area (Å²) in [6.07, 6.45) is 6.42. The van der Waals surface area contributed by atoms with Crippen LogP contribution < -0.4 is 0 Å². The van der Waals surface area contributed by atoms with Crippen LogP contribution in [-0.2, 0) is 9.47 Å². The molecule has 2 heteroatoms. The van der Waals surface area contributed by atoms with E-state index in [0.29, 0.717) is 5.41 Å². The molecule has 0 spiro atoms. The molecule has 1 saturated heterocycles. The van der Waals surface area contributed by atoms with Crippen molar-refractivity contribution in [2.24, 2.45) is 5.41 Å². The van der Waals surface area contributed by atoms with Gasteiger partial charge in [-0.3, -0.25) is 0 Å². The summed E-state index contributed by atoms with van der Waals surface area (Å²) >= 11 is 0. The van der Waals surface area contributed by atoms with E-state index in [1.54, 1.807) is 0 Å². The van der Waals surface area contributed by atoms with Crippen LogP contribution in [0.25, 0.3) is 0 Å². The lowest BCUT2D eigenvalue weighted by atomic mass is 9.77. The second-order valence-corrected chi connectivity index (χ2v) is 3.88. The van der Waals surface area contributed by atoms with Crippen molar-refractivity contribution in [2.45, 2.75) is 32.6 Å². The van der Waals surface area contributed by atoms with Gasteiger partial charge in [0.2, 0.25) is 0 Å². The van der Waals surface area contributed by atoms with Gasteiger partial charge in [-0.1, -0.05) is 19.9 Å². The van der Waals surface area contributed by atoms with Gasteiger partial charge in [0.05, 0.1) is 26.1 Å². The van der Waals surface area contributed by atoms with Crippen LogP contribution in [0.2, 0.25) is 0 Å². The lowest BCUT2D eigenvalue weighted by molar-refractivity contribution is -0.124. The van der Waals surface area contributed by atoms with E-state index >= 15 is 0 Å². The zero-order valence-corrected chi connectivity index (χ0v) is 8.55. The van der Waals surface area contributed by atoms with Gasteiger partial charge < -0.3 is 9.47 Å². The first-order valence-electron chi connectivity index (χ1n) is 5.13. The molecule has 0 atom stereocenters. The largest absolute Gasteiger partial charge is 0.502 e. The molecule has 1 aliphatic heterocycles. The van der Waals surface area contributed by atoms with E-state index < -0.39 is 0 Å². The molecule has 0 unspecified atom stereocenters. The zero-order valence-electron chi connectivity index (χ0n) is 8.55. The Hall–Kier alpha value is -0.500. The highest BCUT2D eigenvalue weighted by atomic mass is 16.5. The topological polar surface area (TPSA) is 18.5 Å². The molecular weight excluding hydrogens is 164 g/mol. The fourth-order valence-electron chi connectivity index (χ4n) is 1.95. The minimum atomic E-state index is 0.485. The summed E-state index contributed by atoms with van der Waals surface area (Å²) in [7, 11) is 0. The van der Waals surface area contributed by atoms with Gasteiger partial charge >= 0.3 is 0 Å². The summed E-state index contributed by atoms with van der Waals surface area (Å²) in [5.41, 5.74) is 0.485. The SMILES string of the molecule is C=COCCCC1(CCC)COC1. The predicted octanol–water partition coefficient (Wildman–Crippen LogP) is 2.74. The van der Waals surface area contributed by atoms with Crippen molar-refractivity contribution in [2.75, 3.05) is 19.8 Å². The Morgan fingerprint density at radius 2 is 2.23 bits per heavy atom. The van der Waals surface area contributed by atoms with Gasteiger partial charge in [0.1, 0.15) is 0 Å². The van der Waals surface area contributed by atoms with Gasteiger partial charge in [0, 0.05) is 5.41 Å². The van der Waals surface area contributed by atoms with Crippen molar-refractivity contribution < 1.29 is 9.47 Å². The van der Waals surface area contributed by atoms with Gasteiger partial charge in [0.25, 0.3) is 0 Å². The highest BCUT2D eigenvalue weighted by molar-refractivity contribution is 4.84. The molecule has 0 bridgehead atoms. The molecular formula is C11H20O2. The van der Waals surface area contributed by atoms with Gasteiger partial charge in [-0.25, -0.2) is 0 Å². The van der Waals surface area contributed by atoms with Crippen LogP contribution in [-0.4, -0.2) is 19.8 Å². The first-order chi connectivity index (χ1) is 6.33. The molecule has 1 aliphatic rings. The normalized spacial score (nSPS) is 19.2. The second kappa shape index (κ2) is 5.28. The van der Waals surface area contributed by atoms with E-state index in [2.05, 4.69) is 13.5 Å². The standard InChI is InChI=1S/C11H20O2/c1-3-6-11(9-13-10-11)7-5-8-12-4-2/h4H,2-3,5-10H2,1H3. The van der Waals surface area contributed by atoms with Crippen LogP contribution in [0.3, 0.4) is 0 Å². The maximum Gasteiger partial charge on any atom is 0.0873 e. The van der Waals surface area contributed by atoms with E-state index in [1.165, 1.54) is 25.5 Å². The first-order valence-corrected chi connectivity index (χ1v) is 5.13. The molecule has 0 N–H and O–H groups in total. The smallest absolute Gasteiger partial charge is 0.0873 e. The predicted molar refractivity (Wildman–Crippen MR) is 53.5 cm³/mol. The highest BCUT2D eigenvalue weighted by Crippen LogP contribution is 2.37. The molecule has 76 valence electrons. The van der Waals surface area contributed by atoms with Crippen LogP contribution in [0, 0.1) is 5.41 Å². The molecule has 1 rings (SSSR count). The number of ether oxygens (including phenoxy) is 2. The average molecular weight is 184 g/mol. The van der Waals surface area contributed by atoms with Crippen LogP contribution in [0.4, 0.5) is 0 Å². The summed E-state index contributed by atoms with van der Waals surface area (Å²) in [4.78, 5) is 0. The molecule has 0 amide bonds. The van der Waals surface area contributed by atoms with Crippen LogP contribution in [0.15, 0.2) is 12.8 Å². The van der Waals surface area contributed by atoms with Crippen LogP contribution in [0.5, 0.6) is 0 Å². The van der Waals surface area contributed by atoms with E-state index in [9.17, 15) is 0 Å². The quantitative estimate of drug-likeness (QED) is 0.447. The monoisotopic (exact) mass is 184 g/mol. The third kappa shape index (κ3) is 3.03. The molecule has 0 aromatic rings. The first kappa shape index (κ1) is 10.6. The minimum Gasteiger partial charge on any atom is -0.502 e. The zero-order chi connectivity index (χ0) is 9.57. The van der Waals surface area contributed by atoms with E-state index in [1.807, 2.05) is 0 Å². The maximum absolute atomic E-state index is 5.29. The summed E-state index contributed by atoms with van der Waals surface area (Å²) in [5.74, 6) is 0. The fraction of sp³-hybridized carbons (Fsp3) is 0.818. The fourth-order valence-corrected chi connectivity index (χ4v) is 1.95. The molecule has 1 heterocycles. The third-order valence-electron chi connectivity index (χ3n) is 2.68. The average Bonchev–Trinajstić information content (AvgIpc) is 2.08. The van der Waals surface area contributed by atoms with Crippen LogP contribution >= 0.6 is 0 Å². The summed E-state index contributed by atoms with van der Waals surface area (Å²) in [6.45, 7) is 8.46. The van der Waals surface area contributed by atoms with E-state index in [4.69, 9.17) is 9.47 Å². The van der Waals surface area contributed by atoms with Crippen molar-refractivity contribution in [3.05, 3.63) is 12.8 Å². The number of rotatable bonds is 7. The van der Waals surface area contributed by atoms with Crippen molar-refractivity contribution in [3.8, 4) is 0 Å². The third-order valence-corrected chi connectivity index (χ3v) is 2.68. The Bertz CT molecular complexity index is 150. The van der Waals surface area contributed by atoms with E-state index in [-0.39, 0.29) is 0 Å². The molecule has 1 fully saturated rings. The maximum atomic E-state index is 5.29. The van der Waals surface area contributed by atoms with Crippen molar-refractivity contribution >= 4 is 0 Å². The number of hydrogen-bond acceptors (Lipinski definition) is 2. The van der Waals surface area contributed by atoms with Crippen molar-refractivity contribution in [1.29, 1.82) is 0 Å². The Kier molecular flexibility index (Phi) is 4.29. The van der Waals surface area contributed by atoms with Crippen LogP contribution in [0.1, 0.15) is 32.6 Å². The Labute approximate surface area is 80.9 Å². The summed E-state index contributed by atoms with van der Waals surface area (Å²) in [6, 6.07) is 0. The summed E-state index contributed by atoms with van der Waals surface area (Å²) < 4.78 is 10.4. The lowest BCUT2D eigenvalue weighted by Gasteiger charge is -2.41. The lowest BCUT2D eigenvalue weighted by Crippen LogP contribution is -2.42. The van der Waals surface area contributed by atoms with Crippen molar-refractivity contribution in [1.82, 2.24) is 0 Å². The minimum absolute atomic E-state index is 0.485. The highest BCUT2D eigenvalue weighted by Gasteiger charge is 2.36. The molecule has 0 radical (unpaired) electrons. The molecule has 0 aliphatic carbocycles. The Morgan fingerprint density at radius 1 is 1.46 bits per heavy atom. The number of hydrogen-bond donors (Lipinski definition) is 0. The Balaban J connectivity index is 2.12.